The fourth-order valence-corrected chi connectivity index (χ4v) is 1.11. The van der Waals surface area contributed by atoms with Crippen molar-refractivity contribution in [2.45, 2.75) is 0 Å². The van der Waals surface area contributed by atoms with E-state index in [1.54, 1.807) is 46.5 Å². The normalized spacial score (nSPS) is 9.50. The van der Waals surface area contributed by atoms with Gasteiger partial charge in [0.25, 0.3) is 0 Å². The number of hydrogen-bond donors (Lipinski definition) is 1. The number of hydrogen-bond acceptors (Lipinski definition) is 3. The lowest BCUT2D eigenvalue weighted by molar-refractivity contribution is 0.230. The number of urea groups is 1. The summed E-state index contributed by atoms with van der Waals surface area (Å²) >= 11 is 0. The van der Waals surface area contributed by atoms with Crippen LogP contribution in [-0.4, -0.2) is 39.2 Å². The van der Waals surface area contributed by atoms with Crippen molar-refractivity contribution in [2.24, 2.45) is 0 Å². The molecule has 0 bridgehead atoms. The molecule has 0 heterocycles. The van der Waals surface area contributed by atoms with Crippen molar-refractivity contribution in [2.75, 3.05) is 33.6 Å². The largest absolute Gasteiger partial charge is 0.497 e. The van der Waals surface area contributed by atoms with Crippen LogP contribution in [0.15, 0.2) is 18.2 Å². The molecule has 1 rings (SSSR count). The van der Waals surface area contributed by atoms with Gasteiger partial charge in [0.1, 0.15) is 11.5 Å². The fourth-order valence-electron chi connectivity index (χ4n) is 1.11. The van der Waals surface area contributed by atoms with E-state index in [4.69, 9.17) is 9.47 Å². The van der Waals surface area contributed by atoms with Gasteiger partial charge >= 0.3 is 6.03 Å². The average Bonchev–Trinajstić information content (AvgIpc) is 2.28. The van der Waals surface area contributed by atoms with Crippen LogP contribution in [0.2, 0.25) is 0 Å². The minimum Gasteiger partial charge on any atom is -0.497 e. The fraction of sp³-hybridized carbons (Fsp3) is 0.364. The lowest BCUT2D eigenvalue weighted by Gasteiger charge is -2.13. The number of benzene rings is 1. The number of rotatable bonds is 3. The van der Waals surface area contributed by atoms with Crippen LogP contribution in [0.5, 0.6) is 11.5 Å². The number of nitrogens with zero attached hydrogens (tertiary/aromatic N) is 1. The van der Waals surface area contributed by atoms with E-state index in [0.29, 0.717) is 17.2 Å². The zero-order chi connectivity index (χ0) is 12.1. The van der Waals surface area contributed by atoms with Gasteiger partial charge < -0.3 is 19.7 Å². The van der Waals surface area contributed by atoms with Gasteiger partial charge in [-0.25, -0.2) is 4.79 Å². The molecule has 0 atom stereocenters. The van der Waals surface area contributed by atoms with Crippen molar-refractivity contribution in [1.82, 2.24) is 4.90 Å². The van der Waals surface area contributed by atoms with E-state index < -0.39 is 0 Å². The third-order valence-electron chi connectivity index (χ3n) is 2.01. The molecule has 16 heavy (non-hydrogen) atoms. The van der Waals surface area contributed by atoms with Crippen LogP contribution in [0, 0.1) is 0 Å². The van der Waals surface area contributed by atoms with Crippen LogP contribution in [0.4, 0.5) is 10.5 Å². The zero-order valence-corrected chi connectivity index (χ0v) is 9.90. The van der Waals surface area contributed by atoms with E-state index in [0.717, 1.165) is 0 Å². The van der Waals surface area contributed by atoms with Gasteiger partial charge in [-0.15, -0.1) is 0 Å². The lowest BCUT2D eigenvalue weighted by atomic mass is 10.3. The summed E-state index contributed by atoms with van der Waals surface area (Å²) in [5, 5.41) is 2.72. The molecule has 1 aromatic rings. The zero-order valence-electron chi connectivity index (χ0n) is 9.90. The first-order valence-corrected chi connectivity index (χ1v) is 4.78. The minimum atomic E-state index is -0.199. The summed E-state index contributed by atoms with van der Waals surface area (Å²) in [5.74, 6) is 1.27. The second kappa shape index (κ2) is 5.25. The number of amides is 2. The van der Waals surface area contributed by atoms with Gasteiger partial charge in [0.15, 0.2) is 0 Å². The van der Waals surface area contributed by atoms with Gasteiger partial charge in [0, 0.05) is 38.0 Å². The van der Waals surface area contributed by atoms with E-state index in [9.17, 15) is 4.79 Å². The molecule has 2 amide bonds. The third-order valence-corrected chi connectivity index (χ3v) is 2.01. The predicted molar refractivity (Wildman–Crippen MR) is 62.3 cm³/mol. The maximum absolute atomic E-state index is 11.4. The molecular formula is C11H16N2O3. The monoisotopic (exact) mass is 224 g/mol. The first kappa shape index (κ1) is 12.2. The highest BCUT2D eigenvalue weighted by Gasteiger charge is 2.06. The van der Waals surface area contributed by atoms with Gasteiger partial charge in [-0.1, -0.05) is 0 Å². The number of nitrogens with one attached hydrogen (secondary N) is 1. The van der Waals surface area contributed by atoms with Crippen molar-refractivity contribution in [3.63, 3.8) is 0 Å². The van der Waals surface area contributed by atoms with E-state index in [-0.39, 0.29) is 6.03 Å². The predicted octanol–water partition coefficient (Wildman–Crippen LogP) is 1.80. The van der Waals surface area contributed by atoms with Gasteiger partial charge in [-0.2, -0.15) is 0 Å². The van der Waals surface area contributed by atoms with Crippen LogP contribution in [0.25, 0.3) is 0 Å². The first-order chi connectivity index (χ1) is 7.56. The quantitative estimate of drug-likeness (QED) is 0.851. The molecule has 0 radical (unpaired) electrons. The van der Waals surface area contributed by atoms with Crippen molar-refractivity contribution in [3.8, 4) is 11.5 Å². The number of carbonyl (C=O) groups excluding carboxylic acids is 1. The Bertz CT molecular complexity index is 355. The Hall–Kier alpha value is -1.91. The second-order valence-electron chi connectivity index (χ2n) is 3.43. The maximum Gasteiger partial charge on any atom is 0.321 e. The molecule has 0 unspecified atom stereocenters. The molecule has 0 saturated carbocycles. The number of anilines is 1. The smallest absolute Gasteiger partial charge is 0.321 e. The number of ether oxygens (including phenoxy) is 2. The maximum atomic E-state index is 11.4. The summed E-state index contributed by atoms with van der Waals surface area (Å²) < 4.78 is 10.2. The van der Waals surface area contributed by atoms with Crippen molar-refractivity contribution < 1.29 is 14.3 Å². The molecule has 0 fully saturated rings. The Balaban J connectivity index is 2.91. The molecule has 0 aliphatic heterocycles. The summed E-state index contributed by atoms with van der Waals surface area (Å²) in [6.07, 6.45) is 0. The van der Waals surface area contributed by atoms with Crippen molar-refractivity contribution in [3.05, 3.63) is 18.2 Å². The molecule has 0 spiro atoms. The molecule has 1 aromatic carbocycles. The van der Waals surface area contributed by atoms with Crippen LogP contribution in [-0.2, 0) is 0 Å². The van der Waals surface area contributed by atoms with Crippen molar-refractivity contribution >= 4 is 11.7 Å². The molecule has 0 aliphatic carbocycles. The van der Waals surface area contributed by atoms with Crippen LogP contribution in [0.3, 0.4) is 0 Å². The Kier molecular flexibility index (Phi) is 3.99. The molecular weight excluding hydrogens is 208 g/mol. The molecule has 5 heteroatoms. The van der Waals surface area contributed by atoms with Crippen LogP contribution in [0.1, 0.15) is 0 Å². The van der Waals surface area contributed by atoms with Crippen LogP contribution >= 0.6 is 0 Å². The van der Waals surface area contributed by atoms with E-state index in [1.165, 1.54) is 4.90 Å². The molecule has 5 nitrogen and oxygen atoms in total. The topological polar surface area (TPSA) is 50.8 Å². The first-order valence-electron chi connectivity index (χ1n) is 4.78. The molecule has 88 valence electrons. The van der Waals surface area contributed by atoms with Gasteiger partial charge in [0.05, 0.1) is 14.2 Å². The SMILES string of the molecule is COc1cc(NC(=O)N(C)C)cc(OC)c1. The molecule has 1 N–H and O–H groups in total. The highest BCUT2D eigenvalue weighted by molar-refractivity contribution is 5.89. The van der Waals surface area contributed by atoms with Gasteiger partial charge in [-0.05, 0) is 0 Å². The highest BCUT2D eigenvalue weighted by atomic mass is 16.5. The highest BCUT2D eigenvalue weighted by Crippen LogP contribution is 2.25. The summed E-state index contributed by atoms with van der Waals surface area (Å²) in [6, 6.07) is 4.99. The van der Waals surface area contributed by atoms with Gasteiger partial charge in [0.2, 0.25) is 0 Å². The molecule has 0 aromatic heterocycles. The Morgan fingerprint density at radius 2 is 1.62 bits per heavy atom. The molecule has 0 saturated heterocycles. The standard InChI is InChI=1S/C11H16N2O3/c1-13(2)11(14)12-8-5-9(15-3)7-10(6-8)16-4/h5-7H,1-4H3,(H,12,14). The second-order valence-corrected chi connectivity index (χ2v) is 3.43. The minimum absolute atomic E-state index is 0.199. The van der Waals surface area contributed by atoms with E-state index >= 15 is 0 Å². The summed E-state index contributed by atoms with van der Waals surface area (Å²) in [7, 11) is 6.47. The van der Waals surface area contributed by atoms with Crippen LogP contribution < -0.4 is 14.8 Å². The Morgan fingerprint density at radius 3 is 2.00 bits per heavy atom. The Labute approximate surface area is 95.0 Å². The lowest BCUT2D eigenvalue weighted by Crippen LogP contribution is -2.27. The molecule has 0 aliphatic rings. The summed E-state index contributed by atoms with van der Waals surface area (Å²) in [4.78, 5) is 12.9. The third kappa shape index (κ3) is 3.05. The van der Waals surface area contributed by atoms with E-state index in [2.05, 4.69) is 5.32 Å². The number of methoxy groups -OCH3 is 2. The number of carbonyl (C=O) groups is 1. The summed E-state index contributed by atoms with van der Waals surface area (Å²) in [6.45, 7) is 0. The van der Waals surface area contributed by atoms with Crippen molar-refractivity contribution in [1.29, 1.82) is 0 Å². The van der Waals surface area contributed by atoms with E-state index in [1.807, 2.05) is 0 Å². The van der Waals surface area contributed by atoms with Gasteiger partial charge in [-0.3, -0.25) is 0 Å². The average molecular weight is 224 g/mol. The Morgan fingerprint density at radius 1 is 1.12 bits per heavy atom. The summed E-state index contributed by atoms with van der Waals surface area (Å²) in [5.41, 5.74) is 0.634.